The van der Waals surface area contributed by atoms with Gasteiger partial charge in [0.15, 0.2) is 18.1 Å². The number of fused-ring (bicyclic) bond motifs is 1. The smallest absolute Gasteiger partial charge is 0.344 e. The highest BCUT2D eigenvalue weighted by Crippen LogP contribution is 2.38. The highest BCUT2D eigenvalue weighted by atomic mass is 79.9. The van der Waals surface area contributed by atoms with Crippen LogP contribution in [0.25, 0.3) is 10.9 Å². The maximum absolute atomic E-state index is 13.2. The summed E-state index contributed by atoms with van der Waals surface area (Å²) in [4.78, 5) is 29.5. The van der Waals surface area contributed by atoms with Gasteiger partial charge in [-0.15, -0.1) is 0 Å². The fourth-order valence-corrected chi connectivity index (χ4v) is 3.64. The Morgan fingerprint density at radius 2 is 1.85 bits per heavy atom. The second kappa shape index (κ2) is 11.6. The minimum absolute atomic E-state index is 0.256. The average molecular weight is 532 g/mol. The predicted molar refractivity (Wildman–Crippen MR) is 132 cm³/mol. The van der Waals surface area contributed by atoms with E-state index in [9.17, 15) is 9.59 Å². The fraction of sp³-hybridized carbons (Fsp3) is 0.333. The van der Waals surface area contributed by atoms with Crippen molar-refractivity contribution in [3.05, 3.63) is 56.5 Å². The Labute approximate surface area is 205 Å². The van der Waals surface area contributed by atoms with E-state index in [-0.39, 0.29) is 24.5 Å². The molecule has 0 aliphatic rings. The number of benzene rings is 2. The molecule has 0 aliphatic heterocycles. The van der Waals surface area contributed by atoms with Gasteiger partial charge in [0.1, 0.15) is 5.82 Å². The second-order valence-corrected chi connectivity index (χ2v) is 8.06. The van der Waals surface area contributed by atoms with Crippen LogP contribution in [0.5, 0.6) is 17.2 Å². The zero-order valence-electron chi connectivity index (χ0n) is 19.5. The highest BCUT2D eigenvalue weighted by Gasteiger charge is 2.16. The molecule has 0 aliphatic carbocycles. The molecule has 1 aromatic heterocycles. The molecule has 10 heteroatoms. The van der Waals surface area contributed by atoms with Crippen LogP contribution in [0, 0.1) is 0 Å². The van der Waals surface area contributed by atoms with Crippen molar-refractivity contribution in [1.82, 2.24) is 9.66 Å². The van der Waals surface area contributed by atoms with E-state index in [0.717, 1.165) is 10.9 Å². The van der Waals surface area contributed by atoms with E-state index in [4.69, 9.17) is 18.9 Å². The first-order valence-electron chi connectivity index (χ1n) is 10.7. The Balaban J connectivity index is 2.01. The van der Waals surface area contributed by atoms with Crippen LogP contribution in [-0.4, -0.2) is 49.3 Å². The Hall–Kier alpha value is -3.40. The minimum Gasteiger partial charge on any atom is -0.493 e. The molecule has 0 saturated carbocycles. The third-order valence-electron chi connectivity index (χ3n) is 4.79. The lowest BCUT2D eigenvalue weighted by Crippen LogP contribution is -2.22. The SMILES string of the molecule is CCCc1nc2ccc(Br)cc2c(=O)n1N=Cc1cc(OC)c(OCC(=O)OCC)c(OC)c1. The average Bonchev–Trinajstić information content (AvgIpc) is 2.83. The van der Waals surface area contributed by atoms with Crippen LogP contribution < -0.4 is 19.8 Å². The number of nitrogens with zero attached hydrogens (tertiary/aromatic N) is 3. The molecule has 0 unspecified atom stereocenters. The van der Waals surface area contributed by atoms with E-state index < -0.39 is 5.97 Å². The Morgan fingerprint density at radius 3 is 2.47 bits per heavy atom. The lowest BCUT2D eigenvalue weighted by Gasteiger charge is -2.15. The number of ether oxygens (including phenoxy) is 4. The van der Waals surface area contributed by atoms with Crippen molar-refractivity contribution in [3.8, 4) is 17.2 Å². The summed E-state index contributed by atoms with van der Waals surface area (Å²) in [6.45, 7) is 3.69. The standard InChI is InChI=1S/C24H26BrN3O6/c1-5-7-21-27-18-9-8-16(25)12-17(18)24(30)28(21)26-13-15-10-19(31-3)23(20(11-15)32-4)34-14-22(29)33-6-2/h8-13H,5-7,14H2,1-4H3. The van der Waals surface area contributed by atoms with Crippen molar-refractivity contribution in [2.75, 3.05) is 27.4 Å². The highest BCUT2D eigenvalue weighted by molar-refractivity contribution is 9.10. The molecule has 34 heavy (non-hydrogen) atoms. The van der Waals surface area contributed by atoms with E-state index in [1.54, 1.807) is 31.2 Å². The summed E-state index contributed by atoms with van der Waals surface area (Å²) in [7, 11) is 2.95. The van der Waals surface area contributed by atoms with Crippen LogP contribution in [0.15, 0.2) is 44.7 Å². The molecule has 0 radical (unpaired) electrons. The summed E-state index contributed by atoms with van der Waals surface area (Å²) >= 11 is 3.40. The van der Waals surface area contributed by atoms with Gasteiger partial charge in [-0.25, -0.2) is 9.78 Å². The predicted octanol–water partition coefficient (Wildman–Crippen LogP) is 3.95. The van der Waals surface area contributed by atoms with E-state index in [2.05, 4.69) is 26.0 Å². The van der Waals surface area contributed by atoms with Gasteiger partial charge in [-0.2, -0.15) is 9.78 Å². The van der Waals surface area contributed by atoms with Gasteiger partial charge < -0.3 is 18.9 Å². The van der Waals surface area contributed by atoms with Gasteiger partial charge in [-0.05, 0) is 43.7 Å². The summed E-state index contributed by atoms with van der Waals surface area (Å²) in [5.74, 6) is 0.997. The molecule has 0 saturated heterocycles. The Kier molecular flexibility index (Phi) is 8.64. The summed E-state index contributed by atoms with van der Waals surface area (Å²) in [5, 5.41) is 4.89. The minimum atomic E-state index is -0.504. The van der Waals surface area contributed by atoms with Crippen molar-refractivity contribution in [2.24, 2.45) is 5.10 Å². The zero-order chi connectivity index (χ0) is 24.7. The normalized spacial score (nSPS) is 11.1. The number of hydrogen-bond donors (Lipinski definition) is 0. The van der Waals surface area contributed by atoms with Crippen LogP contribution in [0.2, 0.25) is 0 Å². The molecule has 0 fully saturated rings. The van der Waals surface area contributed by atoms with Crippen molar-refractivity contribution in [1.29, 1.82) is 0 Å². The maximum atomic E-state index is 13.2. The van der Waals surface area contributed by atoms with Crippen molar-refractivity contribution in [3.63, 3.8) is 0 Å². The summed E-state index contributed by atoms with van der Waals surface area (Å²) in [5.41, 5.74) is 0.953. The monoisotopic (exact) mass is 531 g/mol. The lowest BCUT2D eigenvalue weighted by atomic mass is 10.2. The lowest BCUT2D eigenvalue weighted by molar-refractivity contribution is -0.145. The molecule has 3 aromatic rings. The molecule has 3 rings (SSSR count). The maximum Gasteiger partial charge on any atom is 0.344 e. The van der Waals surface area contributed by atoms with Gasteiger partial charge in [-0.3, -0.25) is 4.79 Å². The van der Waals surface area contributed by atoms with Gasteiger partial charge in [0.05, 0.1) is 37.9 Å². The number of aromatic nitrogens is 2. The Bertz CT molecular complexity index is 1250. The molecule has 9 nitrogen and oxygen atoms in total. The third-order valence-corrected chi connectivity index (χ3v) is 5.29. The number of esters is 1. The first-order valence-corrected chi connectivity index (χ1v) is 11.5. The number of aryl methyl sites for hydroxylation is 1. The van der Waals surface area contributed by atoms with Crippen molar-refractivity contribution < 1.29 is 23.7 Å². The fourth-order valence-electron chi connectivity index (χ4n) is 3.27. The Morgan fingerprint density at radius 1 is 1.15 bits per heavy atom. The third kappa shape index (κ3) is 5.74. The topological polar surface area (TPSA) is 101 Å². The van der Waals surface area contributed by atoms with Crippen LogP contribution >= 0.6 is 15.9 Å². The molecular formula is C24H26BrN3O6. The number of methoxy groups -OCH3 is 2. The van der Waals surface area contributed by atoms with Gasteiger partial charge in [-0.1, -0.05) is 22.9 Å². The van der Waals surface area contributed by atoms with Crippen molar-refractivity contribution >= 4 is 39.0 Å². The molecule has 0 spiro atoms. The summed E-state index contributed by atoms with van der Waals surface area (Å²) in [6, 6.07) is 8.72. The van der Waals surface area contributed by atoms with Gasteiger partial charge >= 0.3 is 5.97 Å². The van der Waals surface area contributed by atoms with E-state index in [0.29, 0.717) is 40.2 Å². The number of carbonyl (C=O) groups is 1. The molecule has 0 N–H and O–H groups in total. The zero-order valence-corrected chi connectivity index (χ0v) is 21.0. The quantitative estimate of drug-likeness (QED) is 0.288. The molecule has 0 atom stereocenters. The van der Waals surface area contributed by atoms with E-state index in [1.807, 2.05) is 13.0 Å². The first-order chi connectivity index (χ1) is 16.4. The van der Waals surface area contributed by atoms with Gasteiger partial charge in [0.25, 0.3) is 5.56 Å². The molecule has 180 valence electrons. The van der Waals surface area contributed by atoms with Crippen LogP contribution in [0.4, 0.5) is 0 Å². The molecule has 0 amide bonds. The van der Waals surface area contributed by atoms with Gasteiger partial charge in [0, 0.05) is 16.5 Å². The number of carbonyl (C=O) groups excluding carboxylic acids is 1. The summed E-state index contributed by atoms with van der Waals surface area (Å²) in [6.07, 6.45) is 2.91. The van der Waals surface area contributed by atoms with Gasteiger partial charge in [0.2, 0.25) is 5.75 Å². The van der Waals surface area contributed by atoms with Crippen molar-refractivity contribution in [2.45, 2.75) is 26.7 Å². The molecule has 2 aromatic carbocycles. The molecule has 0 bridgehead atoms. The first kappa shape index (κ1) is 25.2. The molecule has 1 heterocycles. The molecular weight excluding hydrogens is 506 g/mol. The largest absolute Gasteiger partial charge is 0.493 e. The van der Waals surface area contributed by atoms with E-state index >= 15 is 0 Å². The van der Waals surface area contributed by atoms with E-state index in [1.165, 1.54) is 25.1 Å². The number of rotatable bonds is 10. The van der Waals surface area contributed by atoms with Crippen LogP contribution in [0.3, 0.4) is 0 Å². The summed E-state index contributed by atoms with van der Waals surface area (Å²) < 4.78 is 23.4. The van der Waals surface area contributed by atoms with Crippen LogP contribution in [0.1, 0.15) is 31.7 Å². The number of halogens is 1. The second-order valence-electron chi connectivity index (χ2n) is 7.15. The number of hydrogen-bond acceptors (Lipinski definition) is 8. The van der Waals surface area contributed by atoms with Crippen LogP contribution in [-0.2, 0) is 16.0 Å².